The molecule has 2 atom stereocenters. The minimum atomic E-state index is -4.96. The number of carboxylic acids is 2. The topological polar surface area (TPSA) is 192 Å². The minimum absolute atomic E-state index is 0.104. The van der Waals surface area contributed by atoms with E-state index in [1.54, 1.807) is 6.92 Å². The van der Waals surface area contributed by atoms with Crippen LogP contribution < -0.4 is 21.3 Å². The number of alkyl halides is 9. The highest BCUT2D eigenvalue weighted by molar-refractivity contribution is 7.81. The second kappa shape index (κ2) is 19.0. The van der Waals surface area contributed by atoms with E-state index in [4.69, 9.17) is 49.8 Å². The second-order valence-electron chi connectivity index (χ2n) is 10.0. The van der Waals surface area contributed by atoms with Crippen molar-refractivity contribution in [1.29, 1.82) is 0 Å². The summed E-state index contributed by atoms with van der Waals surface area (Å²) in [5, 5.41) is 31.0. The van der Waals surface area contributed by atoms with Crippen LogP contribution in [0.5, 0.6) is 11.5 Å². The zero-order chi connectivity index (χ0) is 39.5. The number of aliphatic carboxylic acids is 2. The van der Waals surface area contributed by atoms with Gasteiger partial charge in [0, 0.05) is 24.2 Å². The number of nitrogens with two attached hydrogens (primary N) is 2. The van der Waals surface area contributed by atoms with Crippen LogP contribution in [0.1, 0.15) is 42.0 Å². The molecule has 2 aliphatic heterocycles. The molecule has 0 unspecified atom stereocenters. The van der Waals surface area contributed by atoms with E-state index >= 15 is 0 Å². The van der Waals surface area contributed by atoms with Gasteiger partial charge in [0.1, 0.15) is 33.6 Å². The van der Waals surface area contributed by atoms with E-state index in [1.165, 1.54) is 21.9 Å². The summed E-state index contributed by atoms with van der Waals surface area (Å²) in [6, 6.07) is 4.21. The molecule has 2 heterocycles. The molecule has 51 heavy (non-hydrogen) atoms. The number of carboxylic acid groups (broad SMARTS) is 2. The fourth-order valence-corrected chi connectivity index (χ4v) is 5.13. The van der Waals surface area contributed by atoms with Crippen LogP contribution in [0.2, 0.25) is 0 Å². The van der Waals surface area contributed by atoms with Crippen molar-refractivity contribution in [2.45, 2.75) is 50.4 Å². The van der Waals surface area contributed by atoms with Crippen LogP contribution in [0, 0.1) is 0 Å². The largest absolute Gasteiger partial charge is 0.493 e. The Balaban J connectivity index is 0.000000468. The number of halogens is 9. The molecule has 2 aliphatic rings. The van der Waals surface area contributed by atoms with Gasteiger partial charge >= 0.3 is 30.5 Å². The molecule has 0 amide bonds. The van der Waals surface area contributed by atoms with Gasteiger partial charge in [0.2, 0.25) is 0 Å². The molecule has 0 aromatic heterocycles. The fourth-order valence-electron chi connectivity index (χ4n) is 4.44. The number of hydrogen-bond acceptors (Lipinski definition) is 10. The smallest absolute Gasteiger partial charge is 0.422 e. The first-order chi connectivity index (χ1) is 23.7. The molecular formula is C28H31F9N4O8S2. The molecule has 286 valence electrons. The van der Waals surface area contributed by atoms with Gasteiger partial charge in [-0.05, 0) is 56.2 Å². The Hall–Kier alpha value is -4.03. The minimum Gasteiger partial charge on any atom is -0.493 e. The summed E-state index contributed by atoms with van der Waals surface area (Å²) in [4.78, 5) is 24.6. The number of carbonyl (C=O) groups is 2. The lowest BCUT2D eigenvalue weighted by molar-refractivity contribution is -0.158. The highest BCUT2D eigenvalue weighted by Gasteiger charge is 2.40. The molecule has 2 saturated heterocycles. The summed E-state index contributed by atoms with van der Waals surface area (Å²) in [5.41, 5.74) is -2.28. The molecule has 2 fully saturated rings. The summed E-state index contributed by atoms with van der Waals surface area (Å²) >= 11 is 10.1. The Morgan fingerprint density at radius 2 is 1.08 bits per heavy atom. The van der Waals surface area contributed by atoms with Crippen molar-refractivity contribution < 1.29 is 79.2 Å². The summed E-state index contributed by atoms with van der Waals surface area (Å²) in [6.45, 7) is 0.525. The van der Waals surface area contributed by atoms with E-state index in [0.29, 0.717) is 25.5 Å². The Morgan fingerprint density at radius 1 is 0.725 bits per heavy atom. The van der Waals surface area contributed by atoms with Crippen LogP contribution in [0.25, 0.3) is 0 Å². The maximum Gasteiger partial charge on any atom is 0.422 e. The van der Waals surface area contributed by atoms with Gasteiger partial charge in [0.05, 0.1) is 17.7 Å². The first-order valence-electron chi connectivity index (χ1n) is 14.0. The monoisotopic (exact) mass is 786 g/mol. The Morgan fingerprint density at radius 3 is 1.33 bits per heavy atom. The zero-order valence-corrected chi connectivity index (χ0v) is 27.7. The summed E-state index contributed by atoms with van der Waals surface area (Å²) in [6.07, 6.45) is -13.6. The molecule has 0 spiro atoms. The van der Waals surface area contributed by atoms with Crippen LogP contribution in [0.15, 0.2) is 36.4 Å². The average Bonchev–Trinajstić information content (AvgIpc) is 2.99. The lowest BCUT2D eigenvalue weighted by Crippen LogP contribution is -2.54. The molecule has 2 aromatic carbocycles. The van der Waals surface area contributed by atoms with Crippen molar-refractivity contribution in [2.24, 2.45) is 11.8 Å². The van der Waals surface area contributed by atoms with Crippen molar-refractivity contribution in [3.63, 3.8) is 0 Å². The third kappa shape index (κ3) is 12.3. The predicted molar refractivity (Wildman–Crippen MR) is 166 cm³/mol. The van der Waals surface area contributed by atoms with Gasteiger partial charge in [-0.15, -0.1) is 0 Å². The van der Waals surface area contributed by atoms with E-state index in [0.717, 1.165) is 18.2 Å². The first-order valence-corrected chi connectivity index (χ1v) is 14.8. The Labute approximate surface area is 293 Å². The van der Waals surface area contributed by atoms with Crippen molar-refractivity contribution in [1.82, 2.24) is 9.80 Å². The summed E-state index contributed by atoms with van der Waals surface area (Å²) in [5.74, 6) is 3.57. The lowest BCUT2D eigenvalue weighted by Gasteiger charge is -2.40. The zero-order valence-electron chi connectivity index (χ0n) is 26.1. The summed E-state index contributed by atoms with van der Waals surface area (Å²) in [7, 11) is 0. The van der Waals surface area contributed by atoms with E-state index < -0.39 is 66.0 Å². The molecule has 0 bridgehead atoms. The standard InChI is InChI=1S/C14H11F6NO3S.C14H14F3NO3S.2H3NO/c15-13(16,17)6-24-10-2-1-7(5-8(10)14(18,19)20)11(25)21-4-3-9(21)12(22)23;1-2-21-11-4-3-8(7-9(11)14(15,16)17)12(22)18-6-5-10(18)13(19)20;2*1-2/h1-2,5,9H,3-4,6H2,(H,22,23);3-4,7,10H,2,5-6H2,1H3,(H,19,20);2*2H,1H2/t9-;10-;;/m11../s1. The third-order valence-corrected chi connectivity index (χ3v) is 7.83. The van der Waals surface area contributed by atoms with Crippen molar-refractivity contribution in [3.05, 3.63) is 58.7 Å². The molecule has 0 radical (unpaired) electrons. The Kier molecular flexibility index (Phi) is 16.8. The molecule has 0 aliphatic carbocycles. The van der Waals surface area contributed by atoms with Crippen LogP contribution in [-0.4, -0.2) is 96.9 Å². The molecule has 12 nitrogen and oxygen atoms in total. The SMILES string of the molecule is CCOc1ccc(C(=S)N2CC[C@@H]2C(=O)O)cc1C(F)(F)F.NO.NO.O=C(O)[C@H]1CCN1C(=S)c1ccc(OCC(F)(F)F)c(C(F)(F)F)c1. The highest BCUT2D eigenvalue weighted by atomic mass is 32.1. The van der Waals surface area contributed by atoms with Gasteiger partial charge in [-0.3, -0.25) is 0 Å². The van der Waals surface area contributed by atoms with Gasteiger partial charge in [0.15, 0.2) is 6.61 Å². The molecule has 2 aromatic rings. The van der Waals surface area contributed by atoms with Gasteiger partial charge in [-0.2, -0.15) is 39.5 Å². The third-order valence-electron chi connectivity index (χ3n) is 6.89. The fraction of sp³-hybridized carbons (Fsp3) is 0.429. The quantitative estimate of drug-likeness (QED) is 0.118. The van der Waals surface area contributed by atoms with Crippen LogP contribution >= 0.6 is 24.4 Å². The molecule has 4 rings (SSSR count). The predicted octanol–water partition coefficient (Wildman–Crippen LogP) is 5.09. The van der Waals surface area contributed by atoms with E-state index in [-0.39, 0.29) is 40.0 Å². The van der Waals surface area contributed by atoms with Crippen LogP contribution in [-0.2, 0) is 21.9 Å². The van der Waals surface area contributed by atoms with Crippen molar-refractivity contribution >= 4 is 46.4 Å². The molecule has 8 N–H and O–H groups in total. The van der Waals surface area contributed by atoms with Crippen molar-refractivity contribution in [3.8, 4) is 11.5 Å². The number of nitrogens with zero attached hydrogens (tertiary/aromatic N) is 2. The van der Waals surface area contributed by atoms with Gasteiger partial charge in [-0.25, -0.2) is 21.4 Å². The molecule has 0 saturated carbocycles. The van der Waals surface area contributed by atoms with Gasteiger partial charge in [-0.1, -0.05) is 24.4 Å². The highest BCUT2D eigenvalue weighted by Crippen LogP contribution is 2.39. The number of likely N-dealkylation sites (tertiary alicyclic amines) is 2. The van der Waals surface area contributed by atoms with E-state index in [1.807, 2.05) is 0 Å². The number of hydrogen-bond donors (Lipinski definition) is 6. The van der Waals surface area contributed by atoms with Gasteiger partial charge < -0.3 is 39.9 Å². The number of benzene rings is 2. The summed E-state index contributed by atoms with van der Waals surface area (Å²) < 4.78 is 124. The Bertz CT molecular complexity index is 1530. The molecule has 23 heteroatoms. The van der Waals surface area contributed by atoms with Crippen molar-refractivity contribution in [2.75, 3.05) is 26.3 Å². The maximum atomic E-state index is 13.1. The van der Waals surface area contributed by atoms with Gasteiger partial charge in [0.25, 0.3) is 0 Å². The lowest BCUT2D eigenvalue weighted by atomic mass is 10.0. The van der Waals surface area contributed by atoms with Crippen LogP contribution in [0.3, 0.4) is 0 Å². The van der Waals surface area contributed by atoms with E-state index in [2.05, 4.69) is 16.5 Å². The second-order valence-corrected chi connectivity index (χ2v) is 10.8. The molecular weight excluding hydrogens is 755 g/mol. The number of thiocarbonyl (C=S) groups is 2. The number of rotatable bonds is 8. The average molecular weight is 787 g/mol. The first kappa shape index (κ1) is 45.0. The maximum absolute atomic E-state index is 13.1. The number of ether oxygens (including phenoxy) is 2. The van der Waals surface area contributed by atoms with Crippen LogP contribution in [0.4, 0.5) is 39.5 Å². The van der Waals surface area contributed by atoms with E-state index in [9.17, 15) is 49.1 Å². The normalized spacial score (nSPS) is 16.7.